The largest absolute Gasteiger partial charge is 0.467 e. The van der Waals surface area contributed by atoms with Crippen LogP contribution in [0, 0.1) is 5.92 Å². The fourth-order valence-electron chi connectivity index (χ4n) is 3.56. The van der Waals surface area contributed by atoms with Crippen molar-refractivity contribution in [1.29, 1.82) is 0 Å². The fraction of sp³-hybridized carbons (Fsp3) is 0.333. The predicted molar refractivity (Wildman–Crippen MR) is 122 cm³/mol. The molecular formula is C24H26N4O5. The second-order valence-electron chi connectivity index (χ2n) is 8.04. The van der Waals surface area contributed by atoms with Gasteiger partial charge in [0.25, 0.3) is 0 Å². The standard InChI is InChI=1S/C24H26N4O5/c1-14(2)22(24(30)31-3)28-23-16-6-4-5-7-17(16)26-20(27-23)12-25-21(29)11-15-8-9-18-19(10-15)33-13-32-18/h4-10,14,22H,11-13H2,1-3H3,(H,25,29)(H,26,27,28)/t22-/m0/s1. The summed E-state index contributed by atoms with van der Waals surface area (Å²) in [6.07, 6.45) is 0.188. The number of para-hydroxylation sites is 1. The molecule has 0 fully saturated rings. The molecular weight excluding hydrogens is 424 g/mol. The number of anilines is 1. The second-order valence-corrected chi connectivity index (χ2v) is 8.04. The van der Waals surface area contributed by atoms with Gasteiger partial charge in [-0.15, -0.1) is 0 Å². The van der Waals surface area contributed by atoms with Gasteiger partial charge in [0.05, 0.1) is 25.6 Å². The predicted octanol–water partition coefficient (Wildman–Crippen LogP) is 2.83. The Kier molecular flexibility index (Phi) is 6.58. The lowest BCUT2D eigenvalue weighted by Crippen LogP contribution is -2.36. The smallest absolute Gasteiger partial charge is 0.328 e. The summed E-state index contributed by atoms with van der Waals surface area (Å²) < 4.78 is 15.6. The first-order valence-electron chi connectivity index (χ1n) is 10.7. The number of amides is 1. The summed E-state index contributed by atoms with van der Waals surface area (Å²) in [7, 11) is 1.36. The quantitative estimate of drug-likeness (QED) is 0.504. The molecule has 0 saturated heterocycles. The molecule has 0 aliphatic carbocycles. The average molecular weight is 450 g/mol. The van der Waals surface area contributed by atoms with Gasteiger partial charge in [0.2, 0.25) is 12.7 Å². The number of hydrogen-bond acceptors (Lipinski definition) is 8. The van der Waals surface area contributed by atoms with Crippen molar-refractivity contribution in [3.8, 4) is 11.5 Å². The van der Waals surface area contributed by atoms with Crippen LogP contribution in [0.1, 0.15) is 25.2 Å². The average Bonchev–Trinajstić information content (AvgIpc) is 3.28. The number of aromatic nitrogens is 2. The number of carbonyl (C=O) groups is 2. The summed E-state index contributed by atoms with van der Waals surface area (Å²) in [5.41, 5.74) is 1.53. The Hall–Kier alpha value is -3.88. The first kappa shape index (κ1) is 22.3. The van der Waals surface area contributed by atoms with Gasteiger partial charge in [-0.2, -0.15) is 0 Å². The molecule has 0 saturated carbocycles. The van der Waals surface area contributed by atoms with Crippen molar-refractivity contribution in [3.63, 3.8) is 0 Å². The van der Waals surface area contributed by atoms with Crippen molar-refractivity contribution in [1.82, 2.24) is 15.3 Å². The summed E-state index contributed by atoms with van der Waals surface area (Å²) >= 11 is 0. The van der Waals surface area contributed by atoms with Crippen molar-refractivity contribution < 1.29 is 23.8 Å². The summed E-state index contributed by atoms with van der Waals surface area (Å²) in [5, 5.41) is 6.84. The first-order valence-corrected chi connectivity index (χ1v) is 10.7. The third kappa shape index (κ3) is 5.14. The van der Waals surface area contributed by atoms with Gasteiger partial charge in [0, 0.05) is 5.39 Å². The summed E-state index contributed by atoms with van der Waals surface area (Å²) in [6, 6.07) is 12.4. The van der Waals surface area contributed by atoms with Gasteiger partial charge < -0.3 is 24.8 Å². The zero-order valence-electron chi connectivity index (χ0n) is 18.8. The molecule has 0 radical (unpaired) electrons. The van der Waals surface area contributed by atoms with E-state index in [4.69, 9.17) is 14.2 Å². The van der Waals surface area contributed by atoms with Gasteiger partial charge in [-0.25, -0.2) is 14.8 Å². The van der Waals surface area contributed by atoms with Crippen LogP contribution in [0.3, 0.4) is 0 Å². The van der Waals surface area contributed by atoms with E-state index in [-0.39, 0.29) is 37.6 Å². The van der Waals surface area contributed by atoms with Crippen LogP contribution in [0.15, 0.2) is 42.5 Å². The molecule has 0 unspecified atom stereocenters. The molecule has 2 aromatic carbocycles. The molecule has 9 heteroatoms. The van der Waals surface area contributed by atoms with Crippen molar-refractivity contribution in [2.45, 2.75) is 32.9 Å². The molecule has 2 heterocycles. The minimum atomic E-state index is -0.568. The Balaban J connectivity index is 1.49. The van der Waals surface area contributed by atoms with Gasteiger partial charge in [0.1, 0.15) is 11.9 Å². The van der Waals surface area contributed by atoms with Crippen molar-refractivity contribution in [2.24, 2.45) is 5.92 Å². The van der Waals surface area contributed by atoms with E-state index in [1.807, 2.05) is 44.2 Å². The topological polar surface area (TPSA) is 112 Å². The number of benzene rings is 2. The monoisotopic (exact) mass is 450 g/mol. The zero-order chi connectivity index (χ0) is 23.4. The SMILES string of the molecule is COC(=O)[C@@H](Nc1nc(CNC(=O)Cc2ccc3c(c2)OCO3)nc2ccccc12)C(C)C. The zero-order valence-corrected chi connectivity index (χ0v) is 18.8. The molecule has 1 aromatic heterocycles. The van der Waals surface area contributed by atoms with Crippen LogP contribution >= 0.6 is 0 Å². The molecule has 2 N–H and O–H groups in total. The van der Waals surface area contributed by atoms with Gasteiger partial charge in [-0.3, -0.25) is 4.79 Å². The van der Waals surface area contributed by atoms with Crippen LogP contribution < -0.4 is 20.1 Å². The molecule has 1 atom stereocenters. The molecule has 3 aromatic rings. The normalized spacial score (nSPS) is 13.1. The fourth-order valence-corrected chi connectivity index (χ4v) is 3.56. The molecule has 172 valence electrons. The number of methoxy groups -OCH3 is 1. The maximum atomic E-state index is 12.5. The number of hydrogen-bond donors (Lipinski definition) is 2. The Labute approximate surface area is 191 Å². The van der Waals surface area contributed by atoms with E-state index in [0.29, 0.717) is 28.7 Å². The Morgan fingerprint density at radius 1 is 1.09 bits per heavy atom. The molecule has 1 aliphatic heterocycles. The Morgan fingerprint density at radius 2 is 1.88 bits per heavy atom. The number of fused-ring (bicyclic) bond motifs is 2. The molecule has 4 rings (SSSR count). The molecule has 33 heavy (non-hydrogen) atoms. The molecule has 1 aliphatic rings. The number of carbonyl (C=O) groups excluding carboxylic acids is 2. The molecule has 0 spiro atoms. The van der Waals surface area contributed by atoms with Crippen molar-refractivity contribution in [2.75, 3.05) is 19.2 Å². The van der Waals surface area contributed by atoms with Crippen LogP contribution in [0.2, 0.25) is 0 Å². The van der Waals surface area contributed by atoms with Crippen molar-refractivity contribution in [3.05, 3.63) is 53.9 Å². The minimum absolute atomic E-state index is 0.0176. The Bertz CT molecular complexity index is 1180. The molecule has 1 amide bonds. The lowest BCUT2D eigenvalue weighted by molar-refractivity contribution is -0.142. The maximum Gasteiger partial charge on any atom is 0.328 e. The van der Waals surface area contributed by atoms with Gasteiger partial charge in [-0.05, 0) is 35.7 Å². The number of rotatable bonds is 8. The summed E-state index contributed by atoms with van der Waals surface area (Å²) in [6.45, 7) is 4.19. The van der Waals surface area contributed by atoms with E-state index >= 15 is 0 Å². The van der Waals surface area contributed by atoms with Crippen molar-refractivity contribution >= 4 is 28.6 Å². The number of nitrogens with one attached hydrogen (secondary N) is 2. The lowest BCUT2D eigenvalue weighted by Gasteiger charge is -2.21. The van der Waals surface area contributed by atoms with E-state index in [1.165, 1.54) is 7.11 Å². The van der Waals surface area contributed by atoms with E-state index in [2.05, 4.69) is 20.6 Å². The van der Waals surface area contributed by atoms with Gasteiger partial charge in [-0.1, -0.05) is 32.0 Å². The van der Waals surface area contributed by atoms with Crippen LogP contribution in [-0.2, 0) is 27.3 Å². The van der Waals surface area contributed by atoms with E-state index in [9.17, 15) is 9.59 Å². The van der Waals surface area contributed by atoms with Crippen LogP contribution in [0.25, 0.3) is 10.9 Å². The highest BCUT2D eigenvalue weighted by Gasteiger charge is 2.24. The van der Waals surface area contributed by atoms with E-state index in [1.54, 1.807) is 12.1 Å². The lowest BCUT2D eigenvalue weighted by atomic mass is 10.0. The number of ether oxygens (including phenoxy) is 3. The highest BCUT2D eigenvalue weighted by atomic mass is 16.7. The van der Waals surface area contributed by atoms with Crippen LogP contribution in [0.4, 0.5) is 5.82 Å². The number of nitrogens with zero attached hydrogens (tertiary/aromatic N) is 2. The highest BCUT2D eigenvalue weighted by molar-refractivity contribution is 5.91. The first-order chi connectivity index (χ1) is 15.9. The molecule has 9 nitrogen and oxygen atoms in total. The maximum absolute atomic E-state index is 12.5. The minimum Gasteiger partial charge on any atom is -0.467 e. The summed E-state index contributed by atoms with van der Waals surface area (Å²) in [4.78, 5) is 33.9. The third-order valence-electron chi connectivity index (χ3n) is 5.31. The van der Waals surface area contributed by atoms with Crippen LogP contribution in [0.5, 0.6) is 11.5 Å². The van der Waals surface area contributed by atoms with Gasteiger partial charge >= 0.3 is 5.97 Å². The second kappa shape index (κ2) is 9.72. The molecule has 0 bridgehead atoms. The third-order valence-corrected chi connectivity index (χ3v) is 5.31. The highest BCUT2D eigenvalue weighted by Crippen LogP contribution is 2.32. The van der Waals surface area contributed by atoms with E-state index in [0.717, 1.165) is 10.9 Å². The van der Waals surface area contributed by atoms with Crippen LogP contribution in [-0.4, -0.2) is 41.8 Å². The van der Waals surface area contributed by atoms with Gasteiger partial charge in [0.15, 0.2) is 17.3 Å². The Morgan fingerprint density at radius 3 is 2.67 bits per heavy atom. The summed E-state index contributed by atoms with van der Waals surface area (Å²) in [5.74, 6) is 1.71. The number of esters is 1. The van der Waals surface area contributed by atoms with E-state index < -0.39 is 6.04 Å².